The predicted octanol–water partition coefficient (Wildman–Crippen LogP) is 3.71. The van der Waals surface area contributed by atoms with Crippen molar-refractivity contribution >= 4 is 11.6 Å². The maximum atomic E-state index is 5.74. The van der Waals surface area contributed by atoms with Gasteiger partial charge in [0.05, 0.1) is 6.10 Å². The van der Waals surface area contributed by atoms with Crippen molar-refractivity contribution in [1.29, 1.82) is 0 Å². The third kappa shape index (κ3) is 3.60. The number of hydrogen-bond donors (Lipinski definition) is 0. The molecular weight excluding hydrogens is 252 g/mol. The summed E-state index contributed by atoms with van der Waals surface area (Å²) >= 11 is 5.74. The highest BCUT2D eigenvalue weighted by Crippen LogP contribution is 2.22. The van der Waals surface area contributed by atoms with Crippen molar-refractivity contribution in [3.63, 3.8) is 0 Å². The minimum Gasteiger partial charge on any atom is -0.491 e. The van der Waals surface area contributed by atoms with Gasteiger partial charge in [-0.3, -0.25) is 0 Å². The third-order valence-electron chi connectivity index (χ3n) is 2.00. The molecule has 4 nitrogen and oxygen atoms in total. The second-order valence-electron chi connectivity index (χ2n) is 3.90. The highest BCUT2D eigenvalue weighted by atomic mass is 35.5. The van der Waals surface area contributed by atoms with E-state index in [1.807, 2.05) is 26.0 Å². The maximum absolute atomic E-state index is 5.74. The van der Waals surface area contributed by atoms with Gasteiger partial charge in [0.15, 0.2) is 0 Å². The van der Waals surface area contributed by atoms with Gasteiger partial charge in [0, 0.05) is 6.20 Å². The molecule has 0 saturated carbocycles. The first kappa shape index (κ1) is 12.6. The Balaban J connectivity index is 2.06. The molecule has 1 heterocycles. The Morgan fingerprint density at radius 2 is 1.72 bits per heavy atom. The molecule has 2 rings (SSSR count). The van der Waals surface area contributed by atoms with Gasteiger partial charge >= 0.3 is 6.01 Å². The van der Waals surface area contributed by atoms with E-state index in [2.05, 4.69) is 9.97 Å². The molecule has 1 aromatic carbocycles. The molecule has 18 heavy (non-hydrogen) atoms. The molecule has 0 fully saturated rings. The number of benzene rings is 1. The van der Waals surface area contributed by atoms with E-state index in [0.717, 1.165) is 5.75 Å². The summed E-state index contributed by atoms with van der Waals surface area (Å²) in [5.41, 5.74) is 0. The molecule has 0 saturated heterocycles. The van der Waals surface area contributed by atoms with E-state index in [4.69, 9.17) is 21.1 Å². The van der Waals surface area contributed by atoms with Gasteiger partial charge in [0.1, 0.15) is 16.7 Å². The number of ether oxygens (including phenoxy) is 2. The molecule has 0 unspecified atom stereocenters. The number of nitrogens with zero attached hydrogens (tertiary/aromatic N) is 2. The molecule has 0 aliphatic heterocycles. The third-order valence-corrected chi connectivity index (χ3v) is 2.21. The van der Waals surface area contributed by atoms with E-state index < -0.39 is 0 Å². The van der Waals surface area contributed by atoms with Gasteiger partial charge in [-0.05, 0) is 44.2 Å². The largest absolute Gasteiger partial charge is 0.491 e. The van der Waals surface area contributed by atoms with Crippen molar-refractivity contribution in [2.75, 3.05) is 0 Å². The second kappa shape index (κ2) is 5.69. The van der Waals surface area contributed by atoms with Crippen LogP contribution in [0.1, 0.15) is 13.8 Å². The fourth-order valence-corrected chi connectivity index (χ4v) is 1.46. The zero-order valence-electron chi connectivity index (χ0n) is 10.1. The van der Waals surface area contributed by atoms with Crippen LogP contribution >= 0.6 is 11.6 Å². The van der Waals surface area contributed by atoms with Crippen molar-refractivity contribution < 1.29 is 9.47 Å². The molecule has 1 aromatic heterocycles. The van der Waals surface area contributed by atoms with Crippen LogP contribution in [0, 0.1) is 0 Å². The smallest absolute Gasteiger partial charge is 0.323 e. The standard InChI is InChI=1S/C13H13ClN2O2/c1-9(2)17-10-3-5-11(6-4-10)18-13-15-8-7-12(14)16-13/h3-9H,1-2H3. The topological polar surface area (TPSA) is 44.2 Å². The lowest BCUT2D eigenvalue weighted by molar-refractivity contribution is 0.242. The molecule has 0 radical (unpaired) electrons. The SMILES string of the molecule is CC(C)Oc1ccc(Oc2nccc(Cl)n2)cc1. The maximum Gasteiger partial charge on any atom is 0.323 e. The molecule has 0 atom stereocenters. The monoisotopic (exact) mass is 264 g/mol. The van der Waals surface area contributed by atoms with Crippen LogP contribution in [0.3, 0.4) is 0 Å². The Morgan fingerprint density at radius 3 is 2.33 bits per heavy atom. The fraction of sp³-hybridized carbons (Fsp3) is 0.231. The first-order chi connectivity index (χ1) is 8.63. The average Bonchev–Trinajstić information content (AvgIpc) is 2.31. The average molecular weight is 265 g/mol. The Labute approximate surface area is 111 Å². The number of aromatic nitrogens is 2. The van der Waals surface area contributed by atoms with Crippen molar-refractivity contribution in [2.24, 2.45) is 0 Å². The van der Waals surface area contributed by atoms with Crippen LogP contribution in [0.5, 0.6) is 17.5 Å². The van der Waals surface area contributed by atoms with E-state index >= 15 is 0 Å². The van der Waals surface area contributed by atoms with Crippen LogP contribution in [0.25, 0.3) is 0 Å². The molecule has 0 bridgehead atoms. The molecule has 0 aliphatic rings. The molecular formula is C13H13ClN2O2. The van der Waals surface area contributed by atoms with E-state index in [1.165, 1.54) is 0 Å². The minimum absolute atomic E-state index is 0.146. The zero-order chi connectivity index (χ0) is 13.0. The molecule has 5 heteroatoms. The Kier molecular flexibility index (Phi) is 3.99. The quantitative estimate of drug-likeness (QED) is 0.790. The van der Waals surface area contributed by atoms with Crippen molar-refractivity contribution in [1.82, 2.24) is 9.97 Å². The van der Waals surface area contributed by atoms with Crippen LogP contribution in [-0.4, -0.2) is 16.1 Å². The summed E-state index contributed by atoms with van der Waals surface area (Å²) in [6.45, 7) is 3.95. The Hall–Kier alpha value is -1.81. The highest BCUT2D eigenvalue weighted by Gasteiger charge is 2.02. The number of halogens is 1. The second-order valence-corrected chi connectivity index (χ2v) is 4.29. The minimum atomic E-state index is 0.146. The van der Waals surface area contributed by atoms with E-state index in [0.29, 0.717) is 10.9 Å². The Bertz CT molecular complexity index is 515. The number of rotatable bonds is 4. The fourth-order valence-electron chi connectivity index (χ4n) is 1.33. The zero-order valence-corrected chi connectivity index (χ0v) is 10.9. The summed E-state index contributed by atoms with van der Waals surface area (Å²) in [7, 11) is 0. The molecule has 94 valence electrons. The van der Waals surface area contributed by atoms with Gasteiger partial charge in [-0.2, -0.15) is 4.98 Å². The van der Waals surface area contributed by atoms with Crippen LogP contribution < -0.4 is 9.47 Å². The normalized spacial score (nSPS) is 10.4. The van der Waals surface area contributed by atoms with E-state index in [9.17, 15) is 0 Å². The van der Waals surface area contributed by atoms with Crippen LogP contribution in [0.2, 0.25) is 5.15 Å². The summed E-state index contributed by atoms with van der Waals surface area (Å²) in [6.07, 6.45) is 1.69. The first-order valence-corrected chi connectivity index (χ1v) is 5.94. The first-order valence-electron chi connectivity index (χ1n) is 5.56. The van der Waals surface area contributed by atoms with Gasteiger partial charge < -0.3 is 9.47 Å². The summed E-state index contributed by atoms with van der Waals surface area (Å²) in [4.78, 5) is 7.90. The van der Waals surface area contributed by atoms with Gasteiger partial charge in [0.25, 0.3) is 0 Å². The summed E-state index contributed by atoms with van der Waals surface area (Å²) in [5, 5.41) is 0.347. The lowest BCUT2D eigenvalue weighted by Gasteiger charge is -2.10. The van der Waals surface area contributed by atoms with Crippen LogP contribution in [0.4, 0.5) is 0 Å². The molecule has 0 spiro atoms. The van der Waals surface area contributed by atoms with Crippen LogP contribution in [-0.2, 0) is 0 Å². The lowest BCUT2D eigenvalue weighted by atomic mass is 10.3. The van der Waals surface area contributed by atoms with Crippen molar-refractivity contribution in [2.45, 2.75) is 20.0 Å². The van der Waals surface area contributed by atoms with Gasteiger partial charge in [-0.15, -0.1) is 0 Å². The van der Waals surface area contributed by atoms with Crippen molar-refractivity contribution in [3.05, 3.63) is 41.7 Å². The lowest BCUT2D eigenvalue weighted by Crippen LogP contribution is -2.05. The molecule has 0 N–H and O–H groups in total. The van der Waals surface area contributed by atoms with Gasteiger partial charge in [0.2, 0.25) is 0 Å². The van der Waals surface area contributed by atoms with Gasteiger partial charge in [-0.25, -0.2) is 4.98 Å². The Morgan fingerprint density at radius 1 is 1.06 bits per heavy atom. The molecule has 0 aliphatic carbocycles. The highest BCUT2D eigenvalue weighted by molar-refractivity contribution is 6.29. The summed E-state index contributed by atoms with van der Waals surface area (Å²) < 4.78 is 11.0. The number of hydrogen-bond acceptors (Lipinski definition) is 4. The molecule has 2 aromatic rings. The summed E-state index contributed by atoms with van der Waals surface area (Å²) in [6, 6.07) is 9.07. The van der Waals surface area contributed by atoms with Crippen LogP contribution in [0.15, 0.2) is 36.5 Å². The predicted molar refractivity (Wildman–Crippen MR) is 69.3 cm³/mol. The van der Waals surface area contributed by atoms with Gasteiger partial charge in [-0.1, -0.05) is 11.6 Å². The van der Waals surface area contributed by atoms with Crippen molar-refractivity contribution in [3.8, 4) is 17.5 Å². The van der Waals surface area contributed by atoms with E-state index in [-0.39, 0.29) is 12.1 Å². The van der Waals surface area contributed by atoms with E-state index in [1.54, 1.807) is 24.4 Å². The summed E-state index contributed by atoms with van der Waals surface area (Å²) in [5.74, 6) is 1.43. The molecule has 0 amide bonds.